The van der Waals surface area contributed by atoms with Gasteiger partial charge in [0.05, 0.1) is 19.3 Å². The van der Waals surface area contributed by atoms with Crippen molar-refractivity contribution in [3.8, 4) is 11.5 Å². The maximum absolute atomic E-state index is 12.7. The van der Waals surface area contributed by atoms with E-state index in [1.165, 1.54) is 7.11 Å². The monoisotopic (exact) mass is 282 g/mol. The average Bonchev–Trinajstić information content (AvgIpc) is 2.52. The highest BCUT2D eigenvalue weighted by Crippen LogP contribution is 2.39. The minimum atomic E-state index is -0.206. The smallest absolute Gasteiger partial charge is 0.198 e. The van der Waals surface area contributed by atoms with Gasteiger partial charge in [-0.1, -0.05) is 24.3 Å². The third-order valence-corrected chi connectivity index (χ3v) is 3.52. The largest absolute Gasteiger partial charge is 0.493 e. The fourth-order valence-electron chi connectivity index (χ4n) is 2.59. The average molecular weight is 282 g/mol. The van der Waals surface area contributed by atoms with Gasteiger partial charge in [0.1, 0.15) is 0 Å². The van der Waals surface area contributed by atoms with Crippen molar-refractivity contribution in [2.75, 3.05) is 13.7 Å². The highest BCUT2D eigenvalue weighted by atomic mass is 16.5. The Morgan fingerprint density at radius 1 is 0.905 bits per heavy atom. The second-order valence-electron chi connectivity index (χ2n) is 4.66. The van der Waals surface area contributed by atoms with E-state index in [2.05, 4.69) is 0 Å². The first kappa shape index (κ1) is 13.4. The lowest BCUT2D eigenvalue weighted by Crippen LogP contribution is -2.22. The molecule has 4 heteroatoms. The molecular formula is C17H14O4. The van der Waals surface area contributed by atoms with E-state index in [4.69, 9.17) is 9.47 Å². The van der Waals surface area contributed by atoms with Crippen LogP contribution in [-0.4, -0.2) is 25.3 Å². The predicted molar refractivity (Wildman–Crippen MR) is 77.5 cm³/mol. The van der Waals surface area contributed by atoms with E-state index in [9.17, 15) is 9.59 Å². The summed E-state index contributed by atoms with van der Waals surface area (Å²) in [5, 5.41) is 0. The Bertz CT molecular complexity index is 746. The fraction of sp³-hybridized carbons (Fsp3) is 0.176. The van der Waals surface area contributed by atoms with E-state index in [1.54, 1.807) is 36.4 Å². The van der Waals surface area contributed by atoms with E-state index in [0.717, 1.165) is 0 Å². The van der Waals surface area contributed by atoms with E-state index in [0.29, 0.717) is 40.4 Å². The summed E-state index contributed by atoms with van der Waals surface area (Å²) in [6.45, 7) is 2.21. The molecule has 0 atom stereocenters. The molecule has 0 spiro atoms. The number of hydrogen-bond acceptors (Lipinski definition) is 4. The van der Waals surface area contributed by atoms with Crippen molar-refractivity contribution < 1.29 is 19.1 Å². The van der Waals surface area contributed by atoms with Crippen LogP contribution in [0.25, 0.3) is 0 Å². The lowest BCUT2D eigenvalue weighted by molar-refractivity contribution is 0.0975. The van der Waals surface area contributed by atoms with Gasteiger partial charge in [-0.25, -0.2) is 0 Å². The predicted octanol–water partition coefficient (Wildman–Crippen LogP) is 2.87. The molecule has 0 saturated heterocycles. The molecule has 2 aromatic carbocycles. The fourth-order valence-corrected chi connectivity index (χ4v) is 2.59. The van der Waals surface area contributed by atoms with Crippen LogP contribution in [0.2, 0.25) is 0 Å². The van der Waals surface area contributed by atoms with Gasteiger partial charge < -0.3 is 9.47 Å². The number of carbonyl (C=O) groups excluding carboxylic acids is 2. The first-order valence-corrected chi connectivity index (χ1v) is 6.71. The summed E-state index contributed by atoms with van der Waals surface area (Å²) in [7, 11) is 1.51. The van der Waals surface area contributed by atoms with E-state index < -0.39 is 0 Å². The first-order chi connectivity index (χ1) is 10.2. The Morgan fingerprint density at radius 2 is 1.57 bits per heavy atom. The maximum atomic E-state index is 12.7. The summed E-state index contributed by atoms with van der Waals surface area (Å²) in [4.78, 5) is 25.3. The van der Waals surface area contributed by atoms with Gasteiger partial charge in [0.2, 0.25) is 0 Å². The van der Waals surface area contributed by atoms with Crippen molar-refractivity contribution in [1.29, 1.82) is 0 Å². The molecular weight excluding hydrogens is 268 g/mol. The van der Waals surface area contributed by atoms with Crippen LogP contribution in [0.5, 0.6) is 11.5 Å². The lowest BCUT2D eigenvalue weighted by atomic mass is 9.83. The number of hydrogen-bond donors (Lipinski definition) is 0. The molecule has 0 bridgehead atoms. The van der Waals surface area contributed by atoms with Crippen LogP contribution < -0.4 is 9.47 Å². The molecule has 1 aliphatic carbocycles. The zero-order valence-corrected chi connectivity index (χ0v) is 11.8. The molecule has 4 nitrogen and oxygen atoms in total. The van der Waals surface area contributed by atoms with Crippen molar-refractivity contribution in [2.24, 2.45) is 0 Å². The number of ether oxygens (including phenoxy) is 2. The molecule has 3 rings (SSSR count). The standard InChI is InChI=1S/C17H14O4/c1-3-21-17-13(20-2)9-8-12-14(17)16(19)11-7-5-4-6-10(11)15(12)18/h4-9H,3H2,1-2H3. The van der Waals surface area contributed by atoms with Gasteiger partial charge in [0, 0.05) is 16.7 Å². The number of fused-ring (bicyclic) bond motifs is 2. The van der Waals surface area contributed by atoms with Crippen LogP contribution in [0.15, 0.2) is 36.4 Å². The molecule has 0 N–H and O–H groups in total. The Balaban J connectivity index is 2.30. The van der Waals surface area contributed by atoms with Gasteiger partial charge in [-0.05, 0) is 19.1 Å². The number of benzene rings is 2. The Hall–Kier alpha value is -2.62. The van der Waals surface area contributed by atoms with Crippen LogP contribution in [-0.2, 0) is 0 Å². The summed E-state index contributed by atoms with van der Waals surface area (Å²) in [6, 6.07) is 10.1. The third-order valence-electron chi connectivity index (χ3n) is 3.52. The van der Waals surface area contributed by atoms with Crippen LogP contribution in [0, 0.1) is 0 Å². The van der Waals surface area contributed by atoms with Crippen molar-refractivity contribution >= 4 is 11.6 Å². The first-order valence-electron chi connectivity index (χ1n) is 6.71. The summed E-state index contributed by atoms with van der Waals surface area (Å²) in [5.41, 5.74) is 1.50. The number of carbonyl (C=O) groups is 2. The van der Waals surface area contributed by atoms with Crippen LogP contribution in [0.1, 0.15) is 38.8 Å². The molecule has 0 saturated carbocycles. The van der Waals surface area contributed by atoms with Gasteiger partial charge in [-0.2, -0.15) is 0 Å². The highest BCUT2D eigenvalue weighted by Gasteiger charge is 2.33. The quantitative estimate of drug-likeness (QED) is 0.741. The zero-order valence-electron chi connectivity index (χ0n) is 11.8. The molecule has 106 valence electrons. The van der Waals surface area contributed by atoms with Gasteiger partial charge in [-0.3, -0.25) is 9.59 Å². The van der Waals surface area contributed by atoms with E-state index in [1.807, 2.05) is 6.92 Å². The van der Waals surface area contributed by atoms with Crippen LogP contribution >= 0.6 is 0 Å². The molecule has 0 fully saturated rings. The molecule has 0 aromatic heterocycles. The molecule has 0 aliphatic heterocycles. The van der Waals surface area contributed by atoms with Gasteiger partial charge in [0.15, 0.2) is 23.1 Å². The molecule has 0 radical (unpaired) electrons. The third kappa shape index (κ3) is 1.91. The topological polar surface area (TPSA) is 52.6 Å². The second-order valence-corrected chi connectivity index (χ2v) is 4.66. The molecule has 1 aliphatic rings. The summed E-state index contributed by atoms with van der Waals surface area (Å²) in [5.74, 6) is 0.424. The Morgan fingerprint density at radius 3 is 2.19 bits per heavy atom. The van der Waals surface area contributed by atoms with Gasteiger partial charge >= 0.3 is 0 Å². The summed E-state index contributed by atoms with van der Waals surface area (Å²) < 4.78 is 10.8. The second kappa shape index (κ2) is 5.05. The summed E-state index contributed by atoms with van der Waals surface area (Å²) in [6.07, 6.45) is 0. The van der Waals surface area contributed by atoms with E-state index >= 15 is 0 Å². The molecule has 2 aromatic rings. The van der Waals surface area contributed by atoms with Crippen LogP contribution in [0.3, 0.4) is 0 Å². The molecule has 0 amide bonds. The molecule has 21 heavy (non-hydrogen) atoms. The van der Waals surface area contributed by atoms with Crippen molar-refractivity contribution in [1.82, 2.24) is 0 Å². The van der Waals surface area contributed by atoms with Crippen LogP contribution in [0.4, 0.5) is 0 Å². The maximum Gasteiger partial charge on any atom is 0.198 e. The highest BCUT2D eigenvalue weighted by molar-refractivity contribution is 6.29. The van der Waals surface area contributed by atoms with E-state index in [-0.39, 0.29) is 11.6 Å². The Labute approximate surface area is 122 Å². The summed E-state index contributed by atoms with van der Waals surface area (Å²) >= 11 is 0. The molecule has 0 heterocycles. The minimum absolute atomic E-state index is 0.163. The number of methoxy groups -OCH3 is 1. The zero-order chi connectivity index (χ0) is 15.0. The SMILES string of the molecule is CCOc1c(OC)ccc2c1C(=O)c1ccccc1C2=O. The van der Waals surface area contributed by atoms with Crippen molar-refractivity contribution in [2.45, 2.75) is 6.92 Å². The van der Waals surface area contributed by atoms with Gasteiger partial charge in [0.25, 0.3) is 0 Å². The minimum Gasteiger partial charge on any atom is -0.493 e. The number of ketones is 2. The van der Waals surface area contributed by atoms with Gasteiger partial charge in [-0.15, -0.1) is 0 Å². The lowest BCUT2D eigenvalue weighted by Gasteiger charge is -2.21. The normalized spacial score (nSPS) is 12.7. The molecule has 0 unspecified atom stereocenters. The van der Waals surface area contributed by atoms with Crippen molar-refractivity contribution in [3.05, 3.63) is 58.7 Å². The van der Waals surface area contributed by atoms with Crippen molar-refractivity contribution in [3.63, 3.8) is 0 Å². The Kier molecular flexibility index (Phi) is 3.22. The number of rotatable bonds is 3.